The van der Waals surface area contributed by atoms with Gasteiger partial charge in [0.2, 0.25) is 5.91 Å². The van der Waals surface area contributed by atoms with Crippen LogP contribution in [0.25, 0.3) is 0 Å². The van der Waals surface area contributed by atoms with Gasteiger partial charge in [-0.25, -0.2) is 0 Å². The van der Waals surface area contributed by atoms with Crippen LogP contribution in [0.4, 0.5) is 0 Å². The zero-order valence-corrected chi connectivity index (χ0v) is 10.0. The third-order valence-electron chi connectivity index (χ3n) is 3.18. The number of carbonyl (C=O) groups is 1. The summed E-state index contributed by atoms with van der Waals surface area (Å²) in [6, 6.07) is 1.82. The molecule has 0 spiro atoms. The Morgan fingerprint density at radius 1 is 1.59 bits per heavy atom. The molecule has 0 aromatic carbocycles. The lowest BCUT2D eigenvalue weighted by molar-refractivity contribution is -0.120. The van der Waals surface area contributed by atoms with Crippen LogP contribution in [-0.2, 0) is 11.2 Å². The predicted octanol–water partition coefficient (Wildman–Crippen LogP) is 0.458. The van der Waals surface area contributed by atoms with Crippen LogP contribution in [-0.4, -0.2) is 35.7 Å². The van der Waals surface area contributed by atoms with Gasteiger partial charge < -0.3 is 10.6 Å². The minimum absolute atomic E-state index is 0.0676. The molecule has 1 aromatic heterocycles. The molecule has 0 aliphatic carbocycles. The highest BCUT2D eigenvalue weighted by atomic mass is 16.1. The van der Waals surface area contributed by atoms with Crippen LogP contribution in [0.5, 0.6) is 0 Å². The van der Waals surface area contributed by atoms with Gasteiger partial charge in [-0.3, -0.25) is 9.89 Å². The summed E-state index contributed by atoms with van der Waals surface area (Å²) < 4.78 is 0. The van der Waals surface area contributed by atoms with Crippen LogP contribution in [0.3, 0.4) is 0 Å². The van der Waals surface area contributed by atoms with Crippen molar-refractivity contribution in [3.63, 3.8) is 0 Å². The standard InChI is InChI=1S/C12H20N4O/c17-12(8-11-4-7-15-16-11)14-6-3-10-2-1-5-13-9-10/h4,7,10,13H,1-3,5-6,8-9H2,(H,14,17)(H,15,16). The van der Waals surface area contributed by atoms with Crippen LogP contribution in [0.2, 0.25) is 0 Å². The molecule has 1 saturated heterocycles. The summed E-state index contributed by atoms with van der Waals surface area (Å²) >= 11 is 0. The van der Waals surface area contributed by atoms with E-state index in [1.54, 1.807) is 6.20 Å². The van der Waals surface area contributed by atoms with E-state index in [0.717, 1.165) is 37.7 Å². The maximum absolute atomic E-state index is 11.6. The Morgan fingerprint density at radius 2 is 2.53 bits per heavy atom. The maximum Gasteiger partial charge on any atom is 0.225 e. The molecule has 1 amide bonds. The highest BCUT2D eigenvalue weighted by Crippen LogP contribution is 2.12. The molecular weight excluding hydrogens is 216 g/mol. The van der Waals surface area contributed by atoms with E-state index in [4.69, 9.17) is 0 Å². The topological polar surface area (TPSA) is 69.8 Å². The summed E-state index contributed by atoms with van der Waals surface area (Å²) in [5.74, 6) is 0.786. The van der Waals surface area contributed by atoms with Gasteiger partial charge in [-0.2, -0.15) is 5.10 Å². The van der Waals surface area contributed by atoms with Gasteiger partial charge in [0.05, 0.1) is 6.42 Å². The average molecular weight is 236 g/mol. The van der Waals surface area contributed by atoms with Gasteiger partial charge >= 0.3 is 0 Å². The minimum Gasteiger partial charge on any atom is -0.356 e. The summed E-state index contributed by atoms with van der Waals surface area (Å²) in [6.07, 6.45) is 5.66. The number of rotatable bonds is 5. The van der Waals surface area contributed by atoms with Crippen molar-refractivity contribution < 1.29 is 4.79 Å². The van der Waals surface area contributed by atoms with Crippen molar-refractivity contribution in [3.05, 3.63) is 18.0 Å². The van der Waals surface area contributed by atoms with Crippen LogP contribution in [0, 0.1) is 5.92 Å². The lowest BCUT2D eigenvalue weighted by Crippen LogP contribution is -2.33. The second-order valence-electron chi connectivity index (χ2n) is 4.61. The molecule has 94 valence electrons. The van der Waals surface area contributed by atoms with E-state index in [-0.39, 0.29) is 5.91 Å². The number of nitrogens with zero attached hydrogens (tertiary/aromatic N) is 1. The Balaban J connectivity index is 1.59. The Kier molecular flexibility index (Phi) is 4.55. The highest BCUT2D eigenvalue weighted by molar-refractivity contribution is 5.77. The van der Waals surface area contributed by atoms with Crippen molar-refractivity contribution >= 4 is 5.91 Å². The van der Waals surface area contributed by atoms with Gasteiger partial charge in [0.1, 0.15) is 0 Å². The normalized spacial score (nSPS) is 20.1. The van der Waals surface area contributed by atoms with Gasteiger partial charge in [-0.15, -0.1) is 0 Å². The summed E-state index contributed by atoms with van der Waals surface area (Å²) in [4.78, 5) is 11.6. The van der Waals surface area contributed by atoms with Gasteiger partial charge in [0.15, 0.2) is 0 Å². The molecule has 3 N–H and O–H groups in total. The first-order valence-electron chi connectivity index (χ1n) is 6.30. The lowest BCUT2D eigenvalue weighted by Gasteiger charge is -2.22. The molecule has 1 unspecified atom stereocenters. The molecular formula is C12H20N4O. The van der Waals surface area contributed by atoms with Crippen molar-refractivity contribution in [2.24, 2.45) is 5.92 Å². The number of aromatic nitrogens is 2. The van der Waals surface area contributed by atoms with Crippen molar-refractivity contribution in [1.29, 1.82) is 0 Å². The molecule has 1 atom stereocenters. The molecule has 2 rings (SSSR count). The van der Waals surface area contributed by atoms with E-state index in [1.807, 2.05) is 6.07 Å². The number of carbonyl (C=O) groups excluding carboxylic acids is 1. The molecule has 2 heterocycles. The quantitative estimate of drug-likeness (QED) is 0.695. The second-order valence-corrected chi connectivity index (χ2v) is 4.61. The van der Waals surface area contributed by atoms with Crippen molar-refractivity contribution in [2.45, 2.75) is 25.7 Å². The number of hydrogen-bond donors (Lipinski definition) is 3. The third kappa shape index (κ3) is 4.19. The summed E-state index contributed by atoms with van der Waals surface area (Å²) in [5.41, 5.74) is 0.863. The van der Waals surface area contributed by atoms with Gasteiger partial charge in [-0.1, -0.05) is 0 Å². The zero-order chi connectivity index (χ0) is 11.9. The van der Waals surface area contributed by atoms with E-state index in [0.29, 0.717) is 6.42 Å². The summed E-state index contributed by atoms with van der Waals surface area (Å²) in [7, 11) is 0. The van der Waals surface area contributed by atoms with Crippen molar-refractivity contribution in [2.75, 3.05) is 19.6 Å². The van der Waals surface area contributed by atoms with Crippen LogP contribution < -0.4 is 10.6 Å². The lowest BCUT2D eigenvalue weighted by atomic mass is 9.96. The fourth-order valence-corrected chi connectivity index (χ4v) is 2.20. The molecule has 0 radical (unpaired) electrons. The fraction of sp³-hybridized carbons (Fsp3) is 0.667. The van der Waals surface area contributed by atoms with E-state index in [9.17, 15) is 4.79 Å². The van der Waals surface area contributed by atoms with Crippen LogP contribution in [0.1, 0.15) is 25.0 Å². The van der Waals surface area contributed by atoms with Crippen LogP contribution in [0.15, 0.2) is 12.3 Å². The maximum atomic E-state index is 11.6. The summed E-state index contributed by atoms with van der Waals surface area (Å²) in [6.45, 7) is 3.01. The molecule has 0 saturated carbocycles. The van der Waals surface area contributed by atoms with Gasteiger partial charge in [-0.05, 0) is 44.3 Å². The summed E-state index contributed by atoms with van der Waals surface area (Å²) in [5, 5.41) is 12.9. The number of H-pyrrole nitrogens is 1. The monoisotopic (exact) mass is 236 g/mol. The molecule has 1 aliphatic rings. The number of aromatic amines is 1. The minimum atomic E-state index is 0.0676. The van der Waals surface area contributed by atoms with Gasteiger partial charge in [0, 0.05) is 18.4 Å². The van der Waals surface area contributed by atoms with E-state index >= 15 is 0 Å². The number of nitrogens with one attached hydrogen (secondary N) is 3. The second kappa shape index (κ2) is 6.39. The molecule has 1 aromatic rings. The van der Waals surface area contributed by atoms with E-state index in [2.05, 4.69) is 20.8 Å². The first-order chi connectivity index (χ1) is 8.34. The first-order valence-corrected chi connectivity index (χ1v) is 6.30. The Labute approximate surface area is 101 Å². The molecule has 1 aliphatic heterocycles. The number of piperidine rings is 1. The Hall–Kier alpha value is -1.36. The molecule has 0 bridgehead atoms. The zero-order valence-electron chi connectivity index (χ0n) is 10.0. The van der Waals surface area contributed by atoms with E-state index in [1.165, 1.54) is 12.8 Å². The number of hydrogen-bond acceptors (Lipinski definition) is 3. The molecule has 1 fully saturated rings. The SMILES string of the molecule is O=C(Cc1ccn[nH]1)NCCC1CCCNC1. The van der Waals surface area contributed by atoms with Gasteiger partial charge in [0.25, 0.3) is 0 Å². The van der Waals surface area contributed by atoms with Crippen molar-refractivity contribution in [3.8, 4) is 0 Å². The van der Waals surface area contributed by atoms with E-state index < -0.39 is 0 Å². The smallest absolute Gasteiger partial charge is 0.225 e. The fourth-order valence-electron chi connectivity index (χ4n) is 2.20. The molecule has 5 nitrogen and oxygen atoms in total. The molecule has 17 heavy (non-hydrogen) atoms. The Morgan fingerprint density at radius 3 is 3.24 bits per heavy atom. The predicted molar refractivity (Wildman–Crippen MR) is 65.5 cm³/mol. The molecule has 5 heteroatoms. The van der Waals surface area contributed by atoms with Crippen LogP contribution >= 0.6 is 0 Å². The largest absolute Gasteiger partial charge is 0.356 e. The average Bonchev–Trinajstić information content (AvgIpc) is 2.83. The highest BCUT2D eigenvalue weighted by Gasteiger charge is 2.12. The first kappa shape index (κ1) is 12.1. The Bertz CT molecular complexity index is 330. The third-order valence-corrected chi connectivity index (χ3v) is 3.18. The number of amides is 1. The van der Waals surface area contributed by atoms with Crippen molar-refractivity contribution in [1.82, 2.24) is 20.8 Å².